The van der Waals surface area contributed by atoms with E-state index in [0.717, 1.165) is 21.4 Å². The molecule has 0 spiro atoms. The van der Waals surface area contributed by atoms with Gasteiger partial charge in [-0.3, -0.25) is 0 Å². The van der Waals surface area contributed by atoms with Crippen LogP contribution in [0.4, 0.5) is 0 Å². The second-order valence-corrected chi connectivity index (χ2v) is 4.33. The van der Waals surface area contributed by atoms with Crippen LogP contribution in [0.15, 0.2) is 17.5 Å². The van der Waals surface area contributed by atoms with E-state index in [-0.39, 0.29) is 0 Å². The fraction of sp³-hybridized carbons (Fsp3) is 0.200. The molecule has 1 heterocycles. The summed E-state index contributed by atoms with van der Waals surface area (Å²) in [5.41, 5.74) is 0.905. The van der Waals surface area contributed by atoms with Crippen LogP contribution in [0.25, 0.3) is 10.1 Å². The molecule has 14 heavy (non-hydrogen) atoms. The first-order valence-electron chi connectivity index (χ1n) is 4.10. The van der Waals surface area contributed by atoms with E-state index in [1.807, 2.05) is 17.5 Å². The Kier molecular flexibility index (Phi) is 2.65. The number of aromatic hydroxyl groups is 1. The van der Waals surface area contributed by atoms with Crippen molar-refractivity contribution >= 4 is 37.4 Å². The highest BCUT2D eigenvalue weighted by Gasteiger charge is 2.10. The third kappa shape index (κ3) is 1.38. The summed E-state index contributed by atoms with van der Waals surface area (Å²) in [6, 6.07) is 3.88. The summed E-state index contributed by atoms with van der Waals surface area (Å²) in [6.45, 7) is 0. The van der Waals surface area contributed by atoms with Crippen LogP contribution in [0.5, 0.6) is 11.5 Å². The first kappa shape index (κ1) is 9.80. The molecule has 0 unspecified atom stereocenters. The Labute approximate surface area is 94.3 Å². The van der Waals surface area contributed by atoms with Crippen LogP contribution in [0.2, 0.25) is 0 Å². The van der Waals surface area contributed by atoms with Crippen LogP contribution in [0, 0.1) is 0 Å². The van der Waals surface area contributed by atoms with E-state index in [1.54, 1.807) is 7.11 Å². The van der Waals surface area contributed by atoms with Crippen molar-refractivity contribution in [2.45, 2.75) is 5.33 Å². The molecule has 0 radical (unpaired) electrons. The molecule has 0 fully saturated rings. The number of hydrogen-bond donors (Lipinski definition) is 1. The van der Waals surface area contributed by atoms with Gasteiger partial charge in [-0.05, 0) is 6.07 Å². The number of alkyl halides is 1. The minimum Gasteiger partial charge on any atom is -0.506 e. The maximum Gasteiger partial charge on any atom is 0.137 e. The van der Waals surface area contributed by atoms with Gasteiger partial charge in [0.25, 0.3) is 0 Å². The molecular formula is C10H9BrO2S. The Morgan fingerprint density at radius 3 is 2.93 bits per heavy atom. The van der Waals surface area contributed by atoms with Gasteiger partial charge in [-0.25, -0.2) is 0 Å². The maximum atomic E-state index is 9.88. The molecule has 0 aliphatic carbocycles. The molecule has 1 N–H and O–H groups in total. The van der Waals surface area contributed by atoms with Gasteiger partial charge < -0.3 is 9.84 Å². The predicted molar refractivity (Wildman–Crippen MR) is 62.7 cm³/mol. The number of benzene rings is 1. The summed E-state index contributed by atoms with van der Waals surface area (Å²) in [5, 5.41) is 13.4. The molecule has 4 heteroatoms. The molecule has 74 valence electrons. The fourth-order valence-electron chi connectivity index (χ4n) is 1.37. The van der Waals surface area contributed by atoms with E-state index in [1.165, 1.54) is 11.3 Å². The number of ether oxygens (including phenoxy) is 1. The predicted octanol–water partition coefficient (Wildman–Crippen LogP) is 3.51. The average molecular weight is 273 g/mol. The van der Waals surface area contributed by atoms with Crippen molar-refractivity contribution in [2.24, 2.45) is 0 Å². The van der Waals surface area contributed by atoms with Crippen LogP contribution < -0.4 is 4.74 Å². The number of methoxy groups -OCH3 is 1. The van der Waals surface area contributed by atoms with Crippen molar-refractivity contribution in [1.29, 1.82) is 0 Å². The van der Waals surface area contributed by atoms with Gasteiger partial charge in [0.1, 0.15) is 11.5 Å². The van der Waals surface area contributed by atoms with E-state index in [9.17, 15) is 5.11 Å². The largest absolute Gasteiger partial charge is 0.506 e. The summed E-state index contributed by atoms with van der Waals surface area (Å²) < 4.78 is 6.07. The van der Waals surface area contributed by atoms with E-state index in [4.69, 9.17) is 4.74 Å². The number of fused-ring (bicyclic) bond motifs is 1. The van der Waals surface area contributed by atoms with Crippen molar-refractivity contribution in [2.75, 3.05) is 7.11 Å². The lowest BCUT2D eigenvalue weighted by Gasteiger charge is -2.02. The number of hydrogen-bond acceptors (Lipinski definition) is 3. The zero-order chi connectivity index (χ0) is 10.1. The number of rotatable bonds is 2. The number of phenolic OH excluding ortho intramolecular Hbond substituents is 1. The van der Waals surface area contributed by atoms with Gasteiger partial charge in [0, 0.05) is 21.7 Å². The van der Waals surface area contributed by atoms with Gasteiger partial charge in [0.05, 0.1) is 11.8 Å². The molecule has 0 amide bonds. The first-order valence-corrected chi connectivity index (χ1v) is 6.10. The highest BCUT2D eigenvalue weighted by atomic mass is 79.9. The zero-order valence-corrected chi connectivity index (χ0v) is 9.98. The number of thiophene rings is 1. The van der Waals surface area contributed by atoms with Gasteiger partial charge in [0.2, 0.25) is 0 Å². The van der Waals surface area contributed by atoms with Crippen molar-refractivity contribution in [3.05, 3.63) is 23.1 Å². The Morgan fingerprint density at radius 2 is 2.29 bits per heavy atom. The summed E-state index contributed by atoms with van der Waals surface area (Å²) in [5.74, 6) is 1.18. The van der Waals surface area contributed by atoms with E-state index in [2.05, 4.69) is 15.9 Å². The van der Waals surface area contributed by atoms with Crippen LogP contribution in [0.3, 0.4) is 0 Å². The molecule has 0 atom stereocenters. The van der Waals surface area contributed by atoms with Crippen molar-refractivity contribution in [3.63, 3.8) is 0 Å². The first-order chi connectivity index (χ1) is 6.77. The molecule has 0 saturated carbocycles. The zero-order valence-electron chi connectivity index (χ0n) is 7.58. The monoisotopic (exact) mass is 272 g/mol. The summed E-state index contributed by atoms with van der Waals surface area (Å²) in [6.07, 6.45) is 0. The summed E-state index contributed by atoms with van der Waals surface area (Å²) >= 11 is 4.83. The Hall–Kier alpha value is -0.740. The standard InChI is InChI=1S/C10H9BrO2S/c1-13-8-5-14-10-7(8)3-2-6(4-11)9(10)12/h2-3,5,12H,4H2,1H3. The average Bonchev–Trinajstić information content (AvgIpc) is 2.62. The smallest absolute Gasteiger partial charge is 0.137 e. The lowest BCUT2D eigenvalue weighted by Crippen LogP contribution is -1.81. The minimum atomic E-state index is 0.354. The number of phenols is 1. The van der Waals surface area contributed by atoms with Crippen molar-refractivity contribution in [3.8, 4) is 11.5 Å². The molecule has 2 aromatic rings. The molecule has 0 bridgehead atoms. The van der Waals surface area contributed by atoms with Crippen LogP contribution in [-0.2, 0) is 5.33 Å². The fourth-order valence-corrected chi connectivity index (χ4v) is 2.81. The van der Waals surface area contributed by atoms with Gasteiger partial charge in [-0.1, -0.05) is 22.0 Å². The number of halogens is 1. The summed E-state index contributed by atoms with van der Waals surface area (Å²) in [7, 11) is 1.64. The van der Waals surface area contributed by atoms with Gasteiger partial charge in [-0.2, -0.15) is 0 Å². The molecule has 0 saturated heterocycles. The SMILES string of the molecule is COc1csc2c(O)c(CBr)ccc12. The van der Waals surface area contributed by atoms with E-state index < -0.39 is 0 Å². The molecule has 0 aliphatic rings. The molecule has 1 aromatic heterocycles. The van der Waals surface area contributed by atoms with Crippen LogP contribution in [-0.4, -0.2) is 12.2 Å². The van der Waals surface area contributed by atoms with E-state index in [0.29, 0.717) is 11.1 Å². The van der Waals surface area contributed by atoms with Gasteiger partial charge in [-0.15, -0.1) is 11.3 Å². The van der Waals surface area contributed by atoms with Crippen LogP contribution >= 0.6 is 27.3 Å². The van der Waals surface area contributed by atoms with Gasteiger partial charge >= 0.3 is 0 Å². The Morgan fingerprint density at radius 1 is 1.50 bits per heavy atom. The molecule has 2 rings (SSSR count). The lowest BCUT2D eigenvalue weighted by molar-refractivity contribution is 0.421. The molecule has 2 nitrogen and oxygen atoms in total. The lowest BCUT2D eigenvalue weighted by atomic mass is 10.1. The summed E-state index contributed by atoms with van der Waals surface area (Å²) in [4.78, 5) is 0. The quantitative estimate of drug-likeness (QED) is 0.848. The second kappa shape index (κ2) is 3.79. The third-order valence-electron chi connectivity index (χ3n) is 2.13. The minimum absolute atomic E-state index is 0.354. The third-order valence-corrected chi connectivity index (χ3v) is 3.71. The van der Waals surface area contributed by atoms with E-state index >= 15 is 0 Å². The van der Waals surface area contributed by atoms with Crippen molar-refractivity contribution < 1.29 is 9.84 Å². The maximum absolute atomic E-state index is 9.88. The molecular weight excluding hydrogens is 264 g/mol. The van der Waals surface area contributed by atoms with Crippen LogP contribution in [0.1, 0.15) is 5.56 Å². The normalized spacial score (nSPS) is 10.7. The Balaban J connectivity index is 2.72. The highest BCUT2D eigenvalue weighted by Crippen LogP contribution is 2.39. The molecule has 0 aliphatic heterocycles. The topological polar surface area (TPSA) is 29.5 Å². The van der Waals surface area contributed by atoms with Gasteiger partial charge in [0.15, 0.2) is 0 Å². The highest BCUT2D eigenvalue weighted by molar-refractivity contribution is 9.08. The Bertz CT molecular complexity index is 464. The second-order valence-electron chi connectivity index (χ2n) is 2.89. The molecule has 1 aromatic carbocycles. The van der Waals surface area contributed by atoms with Crippen molar-refractivity contribution in [1.82, 2.24) is 0 Å².